The molecule has 4 nitrogen and oxygen atoms in total. The van der Waals surface area contributed by atoms with Gasteiger partial charge in [-0.2, -0.15) is 0 Å². The second kappa shape index (κ2) is 11.5. The van der Waals surface area contributed by atoms with E-state index in [9.17, 15) is 5.11 Å². The lowest BCUT2D eigenvalue weighted by molar-refractivity contribution is 0.444. The zero-order valence-electron chi connectivity index (χ0n) is 28.4. The normalized spacial score (nSPS) is 12.9. The fourth-order valence-electron chi connectivity index (χ4n) is 5.78. The number of aromatic nitrogens is 2. The van der Waals surface area contributed by atoms with Crippen LogP contribution < -0.4 is 0 Å². The third-order valence-electron chi connectivity index (χ3n) is 8.61. The van der Waals surface area contributed by atoms with Crippen molar-refractivity contribution in [2.24, 2.45) is 4.99 Å². The van der Waals surface area contributed by atoms with Gasteiger partial charge in [0.2, 0.25) is 0 Å². The van der Waals surface area contributed by atoms with Gasteiger partial charge in [0.15, 0.2) is 0 Å². The quantitative estimate of drug-likeness (QED) is 0.198. The molecule has 0 atom stereocenters. The van der Waals surface area contributed by atoms with E-state index >= 15 is 0 Å². The van der Waals surface area contributed by atoms with Gasteiger partial charge >= 0.3 is 0 Å². The first kappa shape index (κ1) is 31.6. The Balaban J connectivity index is 1.58. The molecule has 1 N–H and O–H groups in total. The molecule has 0 aliphatic heterocycles. The molecular weight excluding hydrogens is 583 g/mol. The number of hydrogen-bond acceptors (Lipinski definition) is 5. The van der Waals surface area contributed by atoms with Crippen LogP contribution in [0.15, 0.2) is 90.2 Å². The Labute approximate surface area is 276 Å². The van der Waals surface area contributed by atoms with E-state index < -0.39 is 0 Å². The molecule has 6 aromatic rings. The van der Waals surface area contributed by atoms with Crippen LogP contribution in [-0.2, 0) is 16.2 Å². The molecule has 0 spiro atoms. The molecule has 0 unspecified atom stereocenters. The minimum atomic E-state index is -0.225. The second-order valence-electron chi connectivity index (χ2n) is 15.3. The summed E-state index contributed by atoms with van der Waals surface area (Å²) in [4.78, 5) is 14.9. The van der Waals surface area contributed by atoms with E-state index in [0.29, 0.717) is 5.56 Å². The summed E-state index contributed by atoms with van der Waals surface area (Å²) in [6.45, 7) is 19.7. The SMILES string of the molecule is CC(C)(C)c1cc(C=Nc2c(-c3nc4c(-c5cccnc5)cc(C(C)(C)C)cc4s3)ccc3ccccc23)c(O)c(C(C)(C)C)c1. The number of hydrogen-bond donors (Lipinski definition) is 1. The molecule has 0 fully saturated rings. The average Bonchev–Trinajstić information content (AvgIpc) is 3.43. The second-order valence-corrected chi connectivity index (χ2v) is 16.3. The zero-order valence-corrected chi connectivity index (χ0v) is 29.2. The Morgan fingerprint density at radius 1 is 0.739 bits per heavy atom. The van der Waals surface area contributed by atoms with Crippen LogP contribution in [0.1, 0.15) is 84.6 Å². The number of aromatic hydroxyl groups is 1. The van der Waals surface area contributed by atoms with Gasteiger partial charge in [0.1, 0.15) is 10.8 Å². The van der Waals surface area contributed by atoms with E-state index in [2.05, 4.69) is 134 Å². The molecule has 0 saturated heterocycles. The number of nitrogens with zero attached hydrogens (tertiary/aromatic N) is 3. The maximum atomic E-state index is 11.5. The van der Waals surface area contributed by atoms with Crippen molar-refractivity contribution < 1.29 is 5.11 Å². The first-order valence-electron chi connectivity index (χ1n) is 15.9. The number of benzene rings is 4. The van der Waals surface area contributed by atoms with Crippen LogP contribution in [-0.4, -0.2) is 21.3 Å². The number of aliphatic imine (C=N–C) groups is 1. The Hall–Kier alpha value is -4.35. The van der Waals surface area contributed by atoms with E-state index in [1.165, 1.54) is 11.1 Å². The van der Waals surface area contributed by atoms with Crippen molar-refractivity contribution in [3.05, 3.63) is 107 Å². The molecule has 4 aromatic carbocycles. The van der Waals surface area contributed by atoms with Gasteiger partial charge in [-0.05, 0) is 63.1 Å². The third-order valence-corrected chi connectivity index (χ3v) is 9.65. The van der Waals surface area contributed by atoms with Crippen LogP contribution in [0.3, 0.4) is 0 Å². The van der Waals surface area contributed by atoms with Crippen LogP contribution in [0.4, 0.5) is 5.69 Å². The van der Waals surface area contributed by atoms with Crippen molar-refractivity contribution in [1.82, 2.24) is 9.97 Å². The lowest BCUT2D eigenvalue weighted by atomic mass is 9.79. The van der Waals surface area contributed by atoms with Gasteiger partial charge in [-0.15, -0.1) is 11.3 Å². The summed E-state index contributed by atoms with van der Waals surface area (Å²) >= 11 is 1.69. The summed E-state index contributed by atoms with van der Waals surface area (Å²) in [5.41, 5.74) is 8.64. The number of phenols is 1. The lowest BCUT2D eigenvalue weighted by Crippen LogP contribution is -2.17. The minimum Gasteiger partial charge on any atom is -0.507 e. The van der Waals surface area contributed by atoms with E-state index in [0.717, 1.165) is 53.9 Å². The summed E-state index contributed by atoms with van der Waals surface area (Å²) in [6.07, 6.45) is 5.55. The molecule has 234 valence electrons. The van der Waals surface area contributed by atoms with Gasteiger partial charge in [-0.25, -0.2) is 4.98 Å². The maximum Gasteiger partial charge on any atom is 0.128 e. The maximum absolute atomic E-state index is 11.5. The molecule has 6 rings (SSSR count). The first-order chi connectivity index (χ1) is 21.6. The smallest absolute Gasteiger partial charge is 0.128 e. The predicted octanol–water partition coefficient (Wildman–Crippen LogP) is 11.5. The predicted molar refractivity (Wildman–Crippen MR) is 197 cm³/mol. The van der Waals surface area contributed by atoms with E-state index in [4.69, 9.17) is 9.98 Å². The van der Waals surface area contributed by atoms with Gasteiger partial charge in [-0.3, -0.25) is 9.98 Å². The molecule has 5 heteroatoms. The molecule has 0 bridgehead atoms. The Morgan fingerprint density at radius 3 is 2.13 bits per heavy atom. The monoisotopic (exact) mass is 625 g/mol. The molecule has 0 aliphatic carbocycles. The van der Waals surface area contributed by atoms with Crippen molar-refractivity contribution in [3.8, 4) is 27.4 Å². The summed E-state index contributed by atoms with van der Waals surface area (Å²) in [6, 6.07) is 25.4. The van der Waals surface area contributed by atoms with E-state index in [1.807, 2.05) is 18.5 Å². The Kier molecular flexibility index (Phi) is 7.88. The molecule has 2 aromatic heterocycles. The number of phenolic OH excluding ortho intramolecular Hbond substituents is 1. The molecule has 2 heterocycles. The molecule has 0 aliphatic rings. The van der Waals surface area contributed by atoms with Crippen LogP contribution >= 0.6 is 11.3 Å². The van der Waals surface area contributed by atoms with Crippen LogP contribution in [0.2, 0.25) is 0 Å². The van der Waals surface area contributed by atoms with Crippen LogP contribution in [0.25, 0.3) is 42.7 Å². The lowest BCUT2D eigenvalue weighted by Gasteiger charge is -2.27. The third kappa shape index (κ3) is 6.09. The highest BCUT2D eigenvalue weighted by Gasteiger charge is 2.25. The molecular formula is C41H43N3OS. The Morgan fingerprint density at radius 2 is 1.46 bits per heavy atom. The van der Waals surface area contributed by atoms with E-state index in [-0.39, 0.29) is 22.0 Å². The summed E-state index contributed by atoms with van der Waals surface area (Å²) < 4.78 is 1.13. The minimum absolute atomic E-state index is 0.0246. The molecule has 0 amide bonds. The number of rotatable bonds is 4. The van der Waals surface area contributed by atoms with Crippen LogP contribution in [0, 0.1) is 0 Å². The fourth-order valence-corrected chi connectivity index (χ4v) is 6.84. The number of pyridine rings is 1. The first-order valence-corrected chi connectivity index (χ1v) is 16.7. The standard InChI is InChI=1S/C41H43N3OS/c1-39(2,3)28-19-27(37(45)33(21-28)41(7,8)9)24-43-35-30-15-11-10-13-25(30)16-17-31(35)38-44-36-32(26-14-12-18-42-23-26)20-29(40(4,5)6)22-34(36)46-38/h10-24,45H,1-9H3. The van der Waals surface area contributed by atoms with Gasteiger partial charge < -0.3 is 5.11 Å². The topological polar surface area (TPSA) is 58.4 Å². The zero-order chi connectivity index (χ0) is 33.0. The fraction of sp³-hybridized carbons (Fsp3) is 0.293. The van der Waals surface area contributed by atoms with Crippen molar-refractivity contribution in [1.29, 1.82) is 0 Å². The van der Waals surface area contributed by atoms with E-state index in [1.54, 1.807) is 17.5 Å². The molecule has 0 saturated carbocycles. The summed E-state index contributed by atoms with van der Waals surface area (Å²) in [5.74, 6) is 0.279. The number of thiazole rings is 1. The van der Waals surface area contributed by atoms with Crippen molar-refractivity contribution in [2.45, 2.75) is 78.6 Å². The Bertz CT molecular complexity index is 2100. The van der Waals surface area contributed by atoms with Gasteiger partial charge in [0, 0.05) is 51.8 Å². The van der Waals surface area contributed by atoms with Gasteiger partial charge in [0.25, 0.3) is 0 Å². The van der Waals surface area contributed by atoms with Crippen molar-refractivity contribution in [3.63, 3.8) is 0 Å². The summed E-state index contributed by atoms with van der Waals surface area (Å²) in [7, 11) is 0. The summed E-state index contributed by atoms with van der Waals surface area (Å²) in [5, 5.41) is 14.6. The highest BCUT2D eigenvalue weighted by Crippen LogP contribution is 2.44. The largest absolute Gasteiger partial charge is 0.507 e. The highest BCUT2D eigenvalue weighted by molar-refractivity contribution is 7.21. The van der Waals surface area contributed by atoms with Crippen molar-refractivity contribution >= 4 is 44.2 Å². The van der Waals surface area contributed by atoms with Gasteiger partial charge in [-0.1, -0.05) is 105 Å². The average molecular weight is 626 g/mol. The molecule has 0 radical (unpaired) electrons. The number of fused-ring (bicyclic) bond motifs is 2. The van der Waals surface area contributed by atoms with Crippen LogP contribution in [0.5, 0.6) is 5.75 Å². The highest BCUT2D eigenvalue weighted by atomic mass is 32.1. The molecule has 46 heavy (non-hydrogen) atoms. The van der Waals surface area contributed by atoms with Gasteiger partial charge in [0.05, 0.1) is 15.9 Å². The van der Waals surface area contributed by atoms with Crippen molar-refractivity contribution in [2.75, 3.05) is 0 Å².